The topological polar surface area (TPSA) is 76.5 Å². The monoisotopic (exact) mass is 376 g/mol. The summed E-state index contributed by atoms with van der Waals surface area (Å²) >= 11 is 1.58. The summed E-state index contributed by atoms with van der Waals surface area (Å²) in [5, 5.41) is 11.0. The average Bonchev–Trinajstić information content (AvgIpc) is 3.32. The molecular weight excluding hydrogens is 352 g/mol. The maximum Gasteiger partial charge on any atom is 0.227 e. The lowest BCUT2D eigenvalue weighted by Crippen LogP contribution is -2.51. The molecule has 1 saturated heterocycles. The summed E-state index contributed by atoms with van der Waals surface area (Å²) in [5.74, 6) is -0.0354. The van der Waals surface area contributed by atoms with Crippen molar-refractivity contribution in [2.24, 2.45) is 0 Å². The van der Waals surface area contributed by atoms with Crippen LogP contribution < -0.4 is 5.32 Å². The first-order chi connectivity index (χ1) is 12.7. The molecule has 2 amide bonds. The SMILES string of the molecule is CCn1cc(CNC(=O)C[C@@H]2COCCN2C(=O)Cc2ccsc2)cn1. The van der Waals surface area contributed by atoms with Gasteiger partial charge in [0.05, 0.1) is 31.9 Å². The fraction of sp³-hybridized carbons (Fsp3) is 0.500. The molecule has 7 nitrogen and oxygen atoms in total. The first-order valence-electron chi connectivity index (χ1n) is 8.82. The minimum Gasteiger partial charge on any atom is -0.377 e. The van der Waals surface area contributed by atoms with E-state index in [1.54, 1.807) is 22.4 Å². The number of aromatic nitrogens is 2. The Kier molecular flexibility index (Phi) is 6.40. The fourth-order valence-corrected chi connectivity index (χ4v) is 3.65. The van der Waals surface area contributed by atoms with Crippen molar-refractivity contribution in [2.45, 2.75) is 38.9 Å². The molecule has 2 aromatic rings. The molecule has 1 atom stereocenters. The number of carbonyl (C=O) groups excluding carboxylic acids is 2. The number of amides is 2. The van der Waals surface area contributed by atoms with E-state index in [-0.39, 0.29) is 24.3 Å². The van der Waals surface area contributed by atoms with Crippen LogP contribution in [0.1, 0.15) is 24.5 Å². The molecule has 8 heteroatoms. The molecule has 1 N–H and O–H groups in total. The van der Waals surface area contributed by atoms with Crippen LogP contribution in [0.5, 0.6) is 0 Å². The number of aryl methyl sites for hydroxylation is 1. The first-order valence-corrected chi connectivity index (χ1v) is 9.76. The zero-order valence-electron chi connectivity index (χ0n) is 14.9. The molecule has 1 aliphatic heterocycles. The van der Waals surface area contributed by atoms with Gasteiger partial charge in [0.1, 0.15) is 0 Å². The normalized spacial score (nSPS) is 17.3. The van der Waals surface area contributed by atoms with Crippen LogP contribution in [-0.2, 0) is 33.8 Å². The molecule has 2 aromatic heterocycles. The lowest BCUT2D eigenvalue weighted by atomic mass is 10.1. The Morgan fingerprint density at radius 2 is 2.31 bits per heavy atom. The summed E-state index contributed by atoms with van der Waals surface area (Å²) in [7, 11) is 0. The Morgan fingerprint density at radius 3 is 3.04 bits per heavy atom. The summed E-state index contributed by atoms with van der Waals surface area (Å²) in [6, 6.07) is 1.74. The van der Waals surface area contributed by atoms with Crippen LogP contribution in [0.2, 0.25) is 0 Å². The third kappa shape index (κ3) is 4.92. The van der Waals surface area contributed by atoms with Gasteiger partial charge < -0.3 is 15.0 Å². The molecule has 1 aliphatic rings. The van der Waals surface area contributed by atoms with Crippen LogP contribution in [0.15, 0.2) is 29.2 Å². The highest BCUT2D eigenvalue weighted by Crippen LogP contribution is 2.15. The predicted molar refractivity (Wildman–Crippen MR) is 98.7 cm³/mol. The van der Waals surface area contributed by atoms with Gasteiger partial charge >= 0.3 is 0 Å². The van der Waals surface area contributed by atoms with Crippen molar-refractivity contribution in [3.05, 3.63) is 40.3 Å². The Bertz CT molecular complexity index is 729. The molecular formula is C18H24N4O3S. The van der Waals surface area contributed by atoms with Crippen molar-refractivity contribution < 1.29 is 14.3 Å². The molecule has 0 spiro atoms. The van der Waals surface area contributed by atoms with Crippen molar-refractivity contribution in [3.63, 3.8) is 0 Å². The lowest BCUT2D eigenvalue weighted by Gasteiger charge is -2.35. The summed E-state index contributed by atoms with van der Waals surface area (Å²) in [5.41, 5.74) is 1.98. The lowest BCUT2D eigenvalue weighted by molar-refractivity contribution is -0.141. The van der Waals surface area contributed by atoms with Crippen LogP contribution in [0.3, 0.4) is 0 Å². The second-order valence-electron chi connectivity index (χ2n) is 6.31. The van der Waals surface area contributed by atoms with Gasteiger partial charge in [-0.05, 0) is 29.3 Å². The highest BCUT2D eigenvalue weighted by atomic mass is 32.1. The van der Waals surface area contributed by atoms with Gasteiger partial charge in [0.15, 0.2) is 0 Å². The molecule has 26 heavy (non-hydrogen) atoms. The second kappa shape index (κ2) is 8.95. The van der Waals surface area contributed by atoms with Crippen molar-refractivity contribution in [1.82, 2.24) is 20.0 Å². The Hall–Kier alpha value is -2.19. The van der Waals surface area contributed by atoms with Crippen LogP contribution in [0.4, 0.5) is 0 Å². The van der Waals surface area contributed by atoms with E-state index in [2.05, 4.69) is 10.4 Å². The molecule has 1 fully saturated rings. The van der Waals surface area contributed by atoms with Crippen molar-refractivity contribution in [3.8, 4) is 0 Å². The number of hydrogen-bond acceptors (Lipinski definition) is 5. The van der Waals surface area contributed by atoms with E-state index in [1.807, 2.05) is 34.6 Å². The largest absolute Gasteiger partial charge is 0.377 e. The van der Waals surface area contributed by atoms with Crippen molar-refractivity contribution in [2.75, 3.05) is 19.8 Å². The van der Waals surface area contributed by atoms with Crippen molar-refractivity contribution >= 4 is 23.2 Å². The summed E-state index contributed by atoms with van der Waals surface area (Å²) in [4.78, 5) is 26.7. The average molecular weight is 376 g/mol. The van der Waals surface area contributed by atoms with Crippen LogP contribution in [0, 0.1) is 0 Å². The number of rotatable bonds is 7. The van der Waals surface area contributed by atoms with Gasteiger partial charge in [0, 0.05) is 37.8 Å². The molecule has 0 aromatic carbocycles. The van der Waals surface area contributed by atoms with Crippen LogP contribution in [0.25, 0.3) is 0 Å². The Morgan fingerprint density at radius 1 is 1.42 bits per heavy atom. The second-order valence-corrected chi connectivity index (χ2v) is 7.09. The molecule has 3 rings (SSSR count). The number of morpholine rings is 1. The van der Waals surface area contributed by atoms with Gasteiger partial charge in [-0.2, -0.15) is 16.4 Å². The third-order valence-electron chi connectivity index (χ3n) is 4.40. The van der Waals surface area contributed by atoms with Gasteiger partial charge in [-0.3, -0.25) is 14.3 Å². The van der Waals surface area contributed by atoms with Crippen molar-refractivity contribution in [1.29, 1.82) is 0 Å². The molecule has 0 saturated carbocycles. The zero-order valence-corrected chi connectivity index (χ0v) is 15.7. The van der Waals surface area contributed by atoms with E-state index in [0.29, 0.717) is 32.7 Å². The van der Waals surface area contributed by atoms with Gasteiger partial charge in [-0.1, -0.05) is 0 Å². The van der Waals surface area contributed by atoms with Gasteiger partial charge in [-0.15, -0.1) is 0 Å². The molecule has 0 aliphatic carbocycles. The predicted octanol–water partition coefficient (Wildman–Crippen LogP) is 1.44. The molecule has 0 unspecified atom stereocenters. The van der Waals surface area contributed by atoms with Gasteiger partial charge in [-0.25, -0.2) is 0 Å². The third-order valence-corrected chi connectivity index (χ3v) is 5.14. The number of thiophene rings is 1. The highest BCUT2D eigenvalue weighted by Gasteiger charge is 2.29. The minimum atomic E-state index is -0.215. The summed E-state index contributed by atoms with van der Waals surface area (Å²) in [6.07, 6.45) is 4.29. The Labute approximate surface area is 156 Å². The smallest absolute Gasteiger partial charge is 0.227 e. The van der Waals surface area contributed by atoms with Crippen LogP contribution in [-0.4, -0.2) is 52.3 Å². The maximum absolute atomic E-state index is 12.6. The maximum atomic E-state index is 12.6. The number of nitrogens with zero attached hydrogens (tertiary/aromatic N) is 3. The number of carbonyl (C=O) groups is 2. The van der Waals surface area contributed by atoms with E-state index >= 15 is 0 Å². The number of nitrogens with one attached hydrogen (secondary N) is 1. The first kappa shape index (κ1) is 18.6. The summed E-state index contributed by atoms with van der Waals surface area (Å²) in [6.45, 7) is 4.70. The fourth-order valence-electron chi connectivity index (χ4n) is 2.98. The van der Waals surface area contributed by atoms with E-state index in [9.17, 15) is 9.59 Å². The standard InChI is InChI=1S/C18H24N4O3S/c1-2-21-11-15(10-20-21)9-19-17(23)8-16-12-25-5-4-22(16)18(24)7-14-3-6-26-13-14/h3,6,10-11,13,16H,2,4-5,7-9,12H2,1H3,(H,19,23)/t16-/m1/s1. The minimum absolute atomic E-state index is 0.0497. The quantitative estimate of drug-likeness (QED) is 0.793. The van der Waals surface area contributed by atoms with Gasteiger partial charge in [0.2, 0.25) is 11.8 Å². The molecule has 0 bridgehead atoms. The van der Waals surface area contributed by atoms with Gasteiger partial charge in [0.25, 0.3) is 0 Å². The molecule has 3 heterocycles. The molecule has 0 radical (unpaired) electrons. The van der Waals surface area contributed by atoms with E-state index < -0.39 is 0 Å². The van der Waals surface area contributed by atoms with Crippen LogP contribution >= 0.6 is 11.3 Å². The Balaban J connectivity index is 1.52. The number of ether oxygens (including phenoxy) is 1. The van der Waals surface area contributed by atoms with E-state index in [0.717, 1.165) is 17.7 Å². The zero-order chi connectivity index (χ0) is 18.4. The molecule has 140 valence electrons. The summed E-state index contributed by atoms with van der Waals surface area (Å²) < 4.78 is 7.31. The van der Waals surface area contributed by atoms with E-state index in [4.69, 9.17) is 4.74 Å². The highest BCUT2D eigenvalue weighted by molar-refractivity contribution is 7.08. The van der Waals surface area contributed by atoms with E-state index in [1.165, 1.54) is 0 Å². The number of hydrogen-bond donors (Lipinski definition) is 1.